The van der Waals surface area contributed by atoms with Gasteiger partial charge in [-0.15, -0.1) is 0 Å². The summed E-state index contributed by atoms with van der Waals surface area (Å²) in [6.45, 7) is 7.73. The van der Waals surface area contributed by atoms with Gasteiger partial charge in [-0.25, -0.2) is 13.4 Å². The molecule has 9 heteroatoms. The summed E-state index contributed by atoms with van der Waals surface area (Å²) in [7, 11) is -3.28. The molecule has 154 valence electrons. The van der Waals surface area contributed by atoms with E-state index in [9.17, 15) is 8.42 Å². The van der Waals surface area contributed by atoms with Crippen LogP contribution in [0, 0.1) is 5.41 Å². The van der Waals surface area contributed by atoms with E-state index in [4.69, 9.17) is 20.6 Å². The minimum Gasteiger partial charge on any atom is -0.491 e. The zero-order chi connectivity index (χ0) is 21.6. The fourth-order valence-electron chi connectivity index (χ4n) is 2.31. The fraction of sp³-hybridized carbons (Fsp3) is 0.200. The van der Waals surface area contributed by atoms with E-state index in [0.29, 0.717) is 28.5 Å². The lowest BCUT2D eigenvalue weighted by atomic mass is 10.1. The molecular weight excluding hydrogens is 410 g/mol. The average molecular weight is 434 g/mol. The third-order valence-corrected chi connectivity index (χ3v) is 5.08. The first-order valence-corrected chi connectivity index (χ1v) is 11.3. The van der Waals surface area contributed by atoms with Crippen LogP contribution in [0.2, 0.25) is 0 Å². The smallest absolute Gasteiger partial charge is 0.175 e. The third-order valence-electron chi connectivity index (χ3n) is 3.50. The lowest BCUT2D eigenvalue weighted by Gasteiger charge is -2.14. The monoisotopic (exact) mass is 433 g/mol. The number of sulfone groups is 1. The Hall–Kier alpha value is -2.78. The van der Waals surface area contributed by atoms with Crippen LogP contribution in [0.1, 0.15) is 19.4 Å². The van der Waals surface area contributed by atoms with Crippen molar-refractivity contribution in [3.63, 3.8) is 0 Å². The summed E-state index contributed by atoms with van der Waals surface area (Å²) in [4.78, 5) is 4.39. The summed E-state index contributed by atoms with van der Waals surface area (Å²) >= 11 is 0.976. The number of nitrogens with one attached hydrogen (secondary N) is 1. The first-order valence-electron chi connectivity index (χ1n) is 8.57. The van der Waals surface area contributed by atoms with Crippen molar-refractivity contribution in [2.24, 2.45) is 10.7 Å². The maximum absolute atomic E-state index is 11.6. The van der Waals surface area contributed by atoms with Crippen LogP contribution in [0.3, 0.4) is 0 Å². The molecule has 0 fully saturated rings. The van der Waals surface area contributed by atoms with E-state index in [1.165, 1.54) is 12.1 Å². The molecular formula is C20H23N3O4S2. The van der Waals surface area contributed by atoms with Crippen molar-refractivity contribution >= 4 is 38.0 Å². The molecule has 7 nitrogen and oxygen atoms in total. The van der Waals surface area contributed by atoms with Gasteiger partial charge in [-0.05, 0) is 62.0 Å². The highest BCUT2D eigenvalue weighted by Gasteiger charge is 2.10. The van der Waals surface area contributed by atoms with Crippen molar-refractivity contribution in [1.29, 1.82) is 5.41 Å². The molecule has 3 N–H and O–H groups in total. The van der Waals surface area contributed by atoms with E-state index in [2.05, 4.69) is 11.6 Å². The van der Waals surface area contributed by atoms with Gasteiger partial charge in [0, 0.05) is 17.9 Å². The number of hydrogen-bond acceptors (Lipinski definition) is 7. The summed E-state index contributed by atoms with van der Waals surface area (Å²) in [5.74, 6) is 1.51. The van der Waals surface area contributed by atoms with Gasteiger partial charge < -0.3 is 20.6 Å². The van der Waals surface area contributed by atoms with Crippen molar-refractivity contribution < 1.29 is 17.9 Å². The average Bonchev–Trinajstić information content (AvgIpc) is 2.60. The van der Waals surface area contributed by atoms with Gasteiger partial charge in [0.15, 0.2) is 15.0 Å². The Morgan fingerprint density at radius 1 is 1.17 bits per heavy atom. The van der Waals surface area contributed by atoms with Gasteiger partial charge in [0.2, 0.25) is 0 Å². The Morgan fingerprint density at radius 3 is 2.34 bits per heavy atom. The second-order valence-electron chi connectivity index (χ2n) is 6.34. The topological polar surface area (TPSA) is 115 Å². The van der Waals surface area contributed by atoms with Gasteiger partial charge >= 0.3 is 0 Å². The standard InChI is InChI=1S/C20H23N3O4S2/c1-13(2)26-17-9-15(14(3)23-20(22)28-12-21)10-18(11-17)27-16-5-7-19(8-6-16)29(4,24)25/h5-13,21H,3H2,1-2,4H3,(H2,22,23). The fourth-order valence-corrected chi connectivity index (χ4v) is 3.23. The Kier molecular flexibility index (Phi) is 7.46. The molecule has 0 bridgehead atoms. The van der Waals surface area contributed by atoms with E-state index in [1.54, 1.807) is 30.3 Å². The van der Waals surface area contributed by atoms with Gasteiger partial charge in [0.25, 0.3) is 0 Å². The van der Waals surface area contributed by atoms with Crippen molar-refractivity contribution in [2.45, 2.75) is 24.8 Å². The zero-order valence-electron chi connectivity index (χ0n) is 16.4. The zero-order valence-corrected chi connectivity index (χ0v) is 18.0. The quantitative estimate of drug-likeness (QED) is 0.474. The highest BCUT2D eigenvalue weighted by Crippen LogP contribution is 2.31. The maximum Gasteiger partial charge on any atom is 0.175 e. The first-order chi connectivity index (χ1) is 13.6. The van der Waals surface area contributed by atoms with Crippen molar-refractivity contribution in [3.05, 3.63) is 54.6 Å². The van der Waals surface area contributed by atoms with E-state index >= 15 is 0 Å². The molecule has 0 saturated heterocycles. The van der Waals surface area contributed by atoms with Crippen LogP contribution in [-0.4, -0.2) is 31.5 Å². The summed E-state index contributed by atoms with van der Waals surface area (Å²) in [5.41, 5.74) is 7.85. The number of benzene rings is 2. The largest absolute Gasteiger partial charge is 0.491 e. The molecule has 2 aromatic rings. The van der Waals surface area contributed by atoms with Gasteiger partial charge in [-0.1, -0.05) is 6.58 Å². The molecule has 0 atom stereocenters. The van der Waals surface area contributed by atoms with E-state index in [0.717, 1.165) is 23.6 Å². The molecule has 2 rings (SSSR count). The molecule has 0 aliphatic heterocycles. The van der Waals surface area contributed by atoms with E-state index in [-0.39, 0.29) is 16.2 Å². The molecule has 0 saturated carbocycles. The van der Waals surface area contributed by atoms with E-state index in [1.807, 2.05) is 13.8 Å². The van der Waals surface area contributed by atoms with Gasteiger partial charge in [0.1, 0.15) is 17.2 Å². The Balaban J connectivity index is 2.36. The molecule has 0 heterocycles. The molecule has 0 aliphatic rings. The Morgan fingerprint density at radius 2 is 1.79 bits per heavy atom. The van der Waals surface area contributed by atoms with Gasteiger partial charge in [0.05, 0.1) is 22.2 Å². The van der Waals surface area contributed by atoms with Crippen molar-refractivity contribution in [3.8, 4) is 17.2 Å². The molecule has 29 heavy (non-hydrogen) atoms. The van der Waals surface area contributed by atoms with Crippen molar-refractivity contribution in [2.75, 3.05) is 6.26 Å². The van der Waals surface area contributed by atoms with Crippen molar-refractivity contribution in [1.82, 2.24) is 0 Å². The second-order valence-corrected chi connectivity index (χ2v) is 9.24. The van der Waals surface area contributed by atoms with Gasteiger partial charge in [-0.3, -0.25) is 0 Å². The third kappa shape index (κ3) is 6.95. The lowest BCUT2D eigenvalue weighted by molar-refractivity contribution is 0.241. The van der Waals surface area contributed by atoms with Crippen LogP contribution in [0.15, 0.2) is 58.9 Å². The van der Waals surface area contributed by atoms with Crippen LogP contribution in [-0.2, 0) is 9.84 Å². The predicted molar refractivity (Wildman–Crippen MR) is 119 cm³/mol. The number of hydrogen-bond donors (Lipinski definition) is 2. The molecule has 0 aliphatic carbocycles. The summed E-state index contributed by atoms with van der Waals surface area (Å²) in [6, 6.07) is 11.4. The summed E-state index contributed by atoms with van der Waals surface area (Å²) < 4.78 is 34.9. The highest BCUT2D eigenvalue weighted by atomic mass is 32.2. The molecule has 0 amide bonds. The summed E-state index contributed by atoms with van der Waals surface area (Å²) in [5, 5.41) is 7.27. The summed E-state index contributed by atoms with van der Waals surface area (Å²) in [6.07, 6.45) is 1.10. The molecule has 2 aromatic carbocycles. The van der Waals surface area contributed by atoms with Crippen LogP contribution in [0.5, 0.6) is 17.2 Å². The number of thioether (sulfide) groups is 1. The first kappa shape index (κ1) is 22.5. The molecule has 0 spiro atoms. The maximum atomic E-state index is 11.6. The number of aliphatic imine (C=N–C) groups is 1. The number of ether oxygens (including phenoxy) is 2. The molecule has 0 radical (unpaired) electrons. The van der Waals surface area contributed by atoms with Crippen LogP contribution in [0.25, 0.3) is 5.70 Å². The van der Waals surface area contributed by atoms with Gasteiger partial charge in [-0.2, -0.15) is 0 Å². The highest BCUT2D eigenvalue weighted by molar-refractivity contribution is 8.24. The Bertz CT molecular complexity index is 1030. The molecule has 0 aromatic heterocycles. The minimum absolute atomic E-state index is 0.0533. The lowest BCUT2D eigenvalue weighted by Crippen LogP contribution is -2.07. The van der Waals surface area contributed by atoms with Crippen LogP contribution < -0.4 is 15.2 Å². The Labute approximate surface area is 175 Å². The second kappa shape index (κ2) is 9.62. The normalized spacial score (nSPS) is 11.9. The number of amidine groups is 1. The molecule has 0 unspecified atom stereocenters. The number of nitrogens with two attached hydrogens (primary N) is 1. The minimum atomic E-state index is -3.28. The predicted octanol–water partition coefficient (Wildman–Crippen LogP) is 4.30. The van der Waals surface area contributed by atoms with E-state index < -0.39 is 9.84 Å². The number of rotatable bonds is 8. The SMILES string of the molecule is C=C(N=C(N)SC=N)c1cc(Oc2ccc(S(C)(=O)=O)cc2)cc(OC(C)C)c1. The number of nitrogens with zero attached hydrogens (tertiary/aromatic N) is 1. The van der Waals surface area contributed by atoms with Crippen LogP contribution in [0.4, 0.5) is 0 Å². The van der Waals surface area contributed by atoms with Crippen LogP contribution >= 0.6 is 11.8 Å².